The summed E-state index contributed by atoms with van der Waals surface area (Å²) in [4.78, 5) is 3.96. The summed E-state index contributed by atoms with van der Waals surface area (Å²) >= 11 is 0. The van der Waals surface area contributed by atoms with E-state index in [1.165, 1.54) is 0 Å². The molecule has 0 fully saturated rings. The van der Waals surface area contributed by atoms with Gasteiger partial charge in [0.05, 0.1) is 6.10 Å². The van der Waals surface area contributed by atoms with E-state index in [1.807, 2.05) is 26.0 Å². The fraction of sp³-hybridized carbons (Fsp3) is 0.500. The highest BCUT2D eigenvalue weighted by Gasteiger charge is 2.11. The SMILES string of the molecule is CC(C)C(O)Cc1cccnc1N. The molecule has 0 aliphatic carbocycles. The molecule has 0 aliphatic heterocycles. The smallest absolute Gasteiger partial charge is 0.126 e. The average molecular weight is 180 g/mol. The zero-order chi connectivity index (χ0) is 9.84. The van der Waals surface area contributed by atoms with Crippen LogP contribution in [0.25, 0.3) is 0 Å². The summed E-state index contributed by atoms with van der Waals surface area (Å²) in [6.07, 6.45) is 1.89. The summed E-state index contributed by atoms with van der Waals surface area (Å²) in [5.74, 6) is 0.766. The first kappa shape index (κ1) is 9.99. The van der Waals surface area contributed by atoms with Crippen LogP contribution in [0.3, 0.4) is 0 Å². The standard InChI is InChI=1S/C10H16N2O/c1-7(2)9(13)6-8-4-3-5-12-10(8)11/h3-5,7,9,13H,6H2,1-2H3,(H2,11,12). The lowest BCUT2D eigenvalue weighted by Gasteiger charge is -2.14. The zero-order valence-electron chi connectivity index (χ0n) is 8.07. The third kappa shape index (κ3) is 2.70. The van der Waals surface area contributed by atoms with E-state index in [0.29, 0.717) is 12.2 Å². The first-order valence-corrected chi connectivity index (χ1v) is 4.48. The second-order valence-corrected chi connectivity index (χ2v) is 3.56. The van der Waals surface area contributed by atoms with E-state index in [9.17, 15) is 5.11 Å². The van der Waals surface area contributed by atoms with Gasteiger partial charge in [0.1, 0.15) is 5.82 Å². The lowest BCUT2D eigenvalue weighted by atomic mass is 10.00. The van der Waals surface area contributed by atoms with Crippen LogP contribution in [0, 0.1) is 5.92 Å². The number of aliphatic hydroxyl groups excluding tert-OH is 1. The van der Waals surface area contributed by atoms with E-state index in [-0.39, 0.29) is 12.0 Å². The summed E-state index contributed by atoms with van der Waals surface area (Å²) in [5.41, 5.74) is 6.57. The van der Waals surface area contributed by atoms with Crippen molar-refractivity contribution in [3.8, 4) is 0 Å². The number of anilines is 1. The molecule has 1 rings (SSSR count). The van der Waals surface area contributed by atoms with Gasteiger partial charge in [-0.3, -0.25) is 0 Å². The molecule has 3 N–H and O–H groups in total. The summed E-state index contributed by atoms with van der Waals surface area (Å²) in [6, 6.07) is 3.73. The summed E-state index contributed by atoms with van der Waals surface area (Å²) in [5, 5.41) is 9.62. The number of aliphatic hydroxyl groups is 1. The molecule has 0 bridgehead atoms. The molecule has 0 saturated heterocycles. The summed E-state index contributed by atoms with van der Waals surface area (Å²) < 4.78 is 0. The van der Waals surface area contributed by atoms with Crippen LogP contribution in [-0.4, -0.2) is 16.2 Å². The van der Waals surface area contributed by atoms with E-state index in [0.717, 1.165) is 5.56 Å². The maximum atomic E-state index is 9.62. The number of rotatable bonds is 3. The lowest BCUT2D eigenvalue weighted by molar-refractivity contribution is 0.126. The van der Waals surface area contributed by atoms with Crippen molar-refractivity contribution in [1.82, 2.24) is 4.98 Å². The number of nitrogen functional groups attached to an aromatic ring is 1. The molecule has 1 atom stereocenters. The summed E-state index contributed by atoms with van der Waals surface area (Å²) in [7, 11) is 0. The number of nitrogens with two attached hydrogens (primary N) is 1. The Bertz CT molecular complexity index is 273. The second kappa shape index (κ2) is 4.23. The van der Waals surface area contributed by atoms with Gasteiger partial charge >= 0.3 is 0 Å². The van der Waals surface area contributed by atoms with Crippen molar-refractivity contribution in [3.05, 3.63) is 23.9 Å². The van der Waals surface area contributed by atoms with Gasteiger partial charge in [0.25, 0.3) is 0 Å². The molecule has 0 amide bonds. The molecule has 1 unspecified atom stereocenters. The molecule has 1 heterocycles. The predicted molar refractivity (Wildman–Crippen MR) is 53.2 cm³/mol. The molecule has 3 heteroatoms. The number of hydrogen-bond donors (Lipinski definition) is 2. The Hall–Kier alpha value is -1.09. The third-order valence-corrected chi connectivity index (χ3v) is 2.12. The van der Waals surface area contributed by atoms with Gasteiger partial charge in [-0.05, 0) is 17.5 Å². The summed E-state index contributed by atoms with van der Waals surface area (Å²) in [6.45, 7) is 3.97. The Kier molecular flexibility index (Phi) is 3.25. The second-order valence-electron chi connectivity index (χ2n) is 3.56. The van der Waals surface area contributed by atoms with E-state index in [4.69, 9.17) is 5.73 Å². The van der Waals surface area contributed by atoms with Crippen molar-refractivity contribution in [2.75, 3.05) is 5.73 Å². The van der Waals surface area contributed by atoms with E-state index < -0.39 is 0 Å². The Morgan fingerprint density at radius 3 is 2.77 bits per heavy atom. The van der Waals surface area contributed by atoms with Gasteiger partial charge in [0, 0.05) is 12.6 Å². The molecule has 3 nitrogen and oxygen atoms in total. The minimum Gasteiger partial charge on any atom is -0.393 e. The normalized spacial score (nSPS) is 13.2. The molecule has 0 aromatic carbocycles. The molecule has 72 valence electrons. The minimum atomic E-state index is -0.341. The van der Waals surface area contributed by atoms with Crippen LogP contribution in [-0.2, 0) is 6.42 Å². The van der Waals surface area contributed by atoms with Crippen molar-refractivity contribution in [2.45, 2.75) is 26.4 Å². The topological polar surface area (TPSA) is 59.1 Å². The zero-order valence-corrected chi connectivity index (χ0v) is 8.07. The van der Waals surface area contributed by atoms with Gasteiger partial charge in [-0.25, -0.2) is 4.98 Å². The van der Waals surface area contributed by atoms with Crippen molar-refractivity contribution >= 4 is 5.82 Å². The first-order valence-electron chi connectivity index (χ1n) is 4.48. The van der Waals surface area contributed by atoms with Gasteiger partial charge in [-0.2, -0.15) is 0 Å². The molecule has 13 heavy (non-hydrogen) atoms. The fourth-order valence-corrected chi connectivity index (χ4v) is 1.08. The van der Waals surface area contributed by atoms with Crippen molar-refractivity contribution < 1.29 is 5.11 Å². The van der Waals surface area contributed by atoms with E-state index >= 15 is 0 Å². The van der Waals surface area contributed by atoms with Gasteiger partial charge in [0.15, 0.2) is 0 Å². The molecular formula is C10H16N2O. The van der Waals surface area contributed by atoms with Crippen LogP contribution >= 0.6 is 0 Å². The highest BCUT2D eigenvalue weighted by Crippen LogP contribution is 2.13. The van der Waals surface area contributed by atoms with Crippen LogP contribution in [0.1, 0.15) is 19.4 Å². The average Bonchev–Trinajstić information content (AvgIpc) is 2.08. The van der Waals surface area contributed by atoms with Gasteiger partial charge in [-0.1, -0.05) is 19.9 Å². The van der Waals surface area contributed by atoms with E-state index in [2.05, 4.69) is 4.98 Å². The molecule has 1 aromatic rings. The molecule has 0 radical (unpaired) electrons. The van der Waals surface area contributed by atoms with E-state index in [1.54, 1.807) is 6.20 Å². The highest BCUT2D eigenvalue weighted by atomic mass is 16.3. The van der Waals surface area contributed by atoms with Gasteiger partial charge < -0.3 is 10.8 Å². The van der Waals surface area contributed by atoms with Crippen LogP contribution < -0.4 is 5.73 Å². The van der Waals surface area contributed by atoms with Crippen molar-refractivity contribution in [2.24, 2.45) is 5.92 Å². The van der Waals surface area contributed by atoms with Crippen molar-refractivity contribution in [1.29, 1.82) is 0 Å². The first-order chi connectivity index (χ1) is 6.11. The maximum Gasteiger partial charge on any atom is 0.126 e. The van der Waals surface area contributed by atoms with Crippen molar-refractivity contribution in [3.63, 3.8) is 0 Å². The minimum absolute atomic E-state index is 0.250. The van der Waals surface area contributed by atoms with Gasteiger partial charge in [-0.15, -0.1) is 0 Å². The number of nitrogens with zero attached hydrogens (tertiary/aromatic N) is 1. The Balaban J connectivity index is 2.69. The monoisotopic (exact) mass is 180 g/mol. The lowest BCUT2D eigenvalue weighted by Crippen LogP contribution is -2.18. The molecule has 1 aromatic heterocycles. The highest BCUT2D eigenvalue weighted by molar-refractivity contribution is 5.38. The molecule has 0 spiro atoms. The molecule has 0 aliphatic rings. The Labute approximate surface area is 78.6 Å². The third-order valence-electron chi connectivity index (χ3n) is 2.12. The maximum absolute atomic E-state index is 9.62. The Morgan fingerprint density at radius 2 is 2.23 bits per heavy atom. The quantitative estimate of drug-likeness (QED) is 0.735. The van der Waals surface area contributed by atoms with Crippen LogP contribution in [0.15, 0.2) is 18.3 Å². The van der Waals surface area contributed by atoms with Gasteiger partial charge in [0.2, 0.25) is 0 Å². The van der Waals surface area contributed by atoms with Crippen LogP contribution in [0.4, 0.5) is 5.82 Å². The largest absolute Gasteiger partial charge is 0.393 e. The molecule has 0 saturated carbocycles. The molecular weight excluding hydrogens is 164 g/mol. The Morgan fingerprint density at radius 1 is 1.54 bits per heavy atom. The number of pyridine rings is 1. The fourth-order valence-electron chi connectivity index (χ4n) is 1.08. The number of hydrogen-bond acceptors (Lipinski definition) is 3. The van der Waals surface area contributed by atoms with Crippen LogP contribution in [0.5, 0.6) is 0 Å². The predicted octanol–water partition coefficient (Wildman–Crippen LogP) is 1.22. The number of aromatic nitrogens is 1. The van der Waals surface area contributed by atoms with Crippen LogP contribution in [0.2, 0.25) is 0 Å².